The maximum atomic E-state index is 13.4. The number of halogens is 1. The van der Waals surface area contributed by atoms with E-state index in [1.807, 2.05) is 20.8 Å². The smallest absolute Gasteiger partial charge is 0.123 e. The average molecular weight is 284 g/mol. The molecule has 0 aromatic heterocycles. The molecule has 1 rings (SSSR count). The molecule has 20 heavy (non-hydrogen) atoms. The summed E-state index contributed by atoms with van der Waals surface area (Å²) in [6.07, 6.45) is 0.197. The molecule has 0 radical (unpaired) electrons. The van der Waals surface area contributed by atoms with Crippen molar-refractivity contribution in [3.05, 3.63) is 29.6 Å². The normalized spacial score (nSPS) is 15.7. The molecule has 1 aromatic rings. The van der Waals surface area contributed by atoms with Crippen molar-refractivity contribution in [2.45, 2.75) is 58.2 Å². The van der Waals surface area contributed by atoms with Gasteiger partial charge in [0.05, 0.1) is 18.8 Å². The Morgan fingerprint density at radius 3 is 2.50 bits per heavy atom. The van der Waals surface area contributed by atoms with Crippen LogP contribution in [0.2, 0.25) is 0 Å². The van der Waals surface area contributed by atoms with Crippen LogP contribution in [0, 0.1) is 5.82 Å². The molecule has 0 aliphatic heterocycles. The molecule has 114 valence electrons. The van der Waals surface area contributed by atoms with Crippen molar-refractivity contribution < 1.29 is 19.3 Å². The van der Waals surface area contributed by atoms with Crippen LogP contribution in [0.5, 0.6) is 5.75 Å². The molecule has 3 nitrogen and oxygen atoms in total. The number of hydrogen-bond donors (Lipinski definition) is 2. The molecule has 0 saturated heterocycles. The van der Waals surface area contributed by atoms with Crippen molar-refractivity contribution in [1.29, 1.82) is 0 Å². The fraction of sp³-hybridized carbons (Fsp3) is 0.625. The minimum atomic E-state index is -0.808. The van der Waals surface area contributed by atoms with Crippen molar-refractivity contribution in [3.63, 3.8) is 0 Å². The highest BCUT2D eigenvalue weighted by atomic mass is 19.1. The molecular weight excluding hydrogens is 259 g/mol. The molecular formula is C16H25FO3. The average Bonchev–Trinajstić information content (AvgIpc) is 2.44. The summed E-state index contributed by atoms with van der Waals surface area (Å²) in [5.41, 5.74) is 0.737. The highest BCUT2D eigenvalue weighted by molar-refractivity contribution is 5.36. The molecule has 1 aromatic carbocycles. The summed E-state index contributed by atoms with van der Waals surface area (Å²) in [5, 5.41) is 19.5. The second-order valence-corrected chi connectivity index (χ2v) is 5.21. The van der Waals surface area contributed by atoms with Crippen LogP contribution in [-0.4, -0.2) is 29.0 Å². The van der Waals surface area contributed by atoms with E-state index in [0.717, 1.165) is 12.0 Å². The number of hydrogen-bond acceptors (Lipinski definition) is 3. The second-order valence-electron chi connectivity index (χ2n) is 5.21. The maximum absolute atomic E-state index is 13.4. The zero-order valence-corrected chi connectivity index (χ0v) is 12.5. The van der Waals surface area contributed by atoms with Crippen LogP contribution in [0.15, 0.2) is 18.2 Å². The van der Waals surface area contributed by atoms with Crippen LogP contribution in [0.3, 0.4) is 0 Å². The molecule has 3 atom stereocenters. The Morgan fingerprint density at radius 2 is 1.90 bits per heavy atom. The summed E-state index contributed by atoms with van der Waals surface area (Å²) >= 11 is 0. The van der Waals surface area contributed by atoms with Crippen LogP contribution in [-0.2, 0) is 0 Å². The van der Waals surface area contributed by atoms with Gasteiger partial charge in [-0.15, -0.1) is 0 Å². The molecule has 4 heteroatoms. The number of aliphatic hydroxyl groups is 2. The van der Waals surface area contributed by atoms with E-state index in [-0.39, 0.29) is 11.7 Å². The van der Waals surface area contributed by atoms with Gasteiger partial charge in [-0.1, -0.05) is 20.8 Å². The predicted octanol–water partition coefficient (Wildman–Crippen LogP) is 3.24. The van der Waals surface area contributed by atoms with Gasteiger partial charge in [0.15, 0.2) is 0 Å². The van der Waals surface area contributed by atoms with Crippen molar-refractivity contribution in [2.75, 3.05) is 6.61 Å². The van der Waals surface area contributed by atoms with Gasteiger partial charge in [0.2, 0.25) is 0 Å². The Bertz CT molecular complexity index is 409. The van der Waals surface area contributed by atoms with Gasteiger partial charge in [0.25, 0.3) is 0 Å². The van der Waals surface area contributed by atoms with E-state index in [1.165, 1.54) is 12.1 Å². The van der Waals surface area contributed by atoms with E-state index in [2.05, 4.69) is 0 Å². The molecule has 0 amide bonds. The molecule has 3 unspecified atom stereocenters. The van der Waals surface area contributed by atoms with Gasteiger partial charge in [-0.3, -0.25) is 0 Å². The molecule has 0 aliphatic rings. The van der Waals surface area contributed by atoms with E-state index < -0.39 is 12.2 Å². The van der Waals surface area contributed by atoms with E-state index in [9.17, 15) is 14.6 Å². The van der Waals surface area contributed by atoms with E-state index in [1.54, 1.807) is 6.07 Å². The lowest BCUT2D eigenvalue weighted by molar-refractivity contribution is 0.00940. The van der Waals surface area contributed by atoms with Crippen LogP contribution in [0.25, 0.3) is 0 Å². The molecule has 2 N–H and O–H groups in total. The van der Waals surface area contributed by atoms with Crippen molar-refractivity contribution in [1.82, 2.24) is 0 Å². The first-order chi connectivity index (χ1) is 9.49. The second kappa shape index (κ2) is 8.22. The maximum Gasteiger partial charge on any atom is 0.123 e. The summed E-state index contributed by atoms with van der Waals surface area (Å²) < 4.78 is 19.0. The lowest BCUT2D eigenvalue weighted by Crippen LogP contribution is -2.26. The summed E-state index contributed by atoms with van der Waals surface area (Å²) in [4.78, 5) is 0. The summed E-state index contributed by atoms with van der Waals surface area (Å²) in [7, 11) is 0. The zero-order chi connectivity index (χ0) is 15.1. The van der Waals surface area contributed by atoms with Gasteiger partial charge < -0.3 is 14.9 Å². The summed E-state index contributed by atoms with van der Waals surface area (Å²) in [6, 6.07) is 4.44. The zero-order valence-electron chi connectivity index (χ0n) is 12.5. The Hall–Kier alpha value is -1.13. The minimum absolute atomic E-state index is 0.0891. The number of ether oxygens (including phenoxy) is 1. The molecule has 0 fully saturated rings. The van der Waals surface area contributed by atoms with Gasteiger partial charge in [0, 0.05) is 0 Å². The topological polar surface area (TPSA) is 49.7 Å². The molecule has 0 heterocycles. The standard InChI is InChI=1S/C16H25FO3/c1-4-8-20-16-7-6-12(17)10-13(16)11(3)9-15(19)14(18)5-2/h6-7,10-11,14-15,18-19H,4-5,8-9H2,1-3H3. The number of rotatable bonds is 8. The molecule has 0 aliphatic carbocycles. The van der Waals surface area contributed by atoms with Crippen LogP contribution in [0.4, 0.5) is 4.39 Å². The minimum Gasteiger partial charge on any atom is -0.493 e. The lowest BCUT2D eigenvalue weighted by Gasteiger charge is -2.22. The Labute approximate surface area is 120 Å². The van der Waals surface area contributed by atoms with Gasteiger partial charge in [-0.05, 0) is 48.9 Å². The summed E-state index contributed by atoms with van der Waals surface area (Å²) in [6.45, 7) is 6.30. The fourth-order valence-electron chi connectivity index (χ4n) is 2.17. The lowest BCUT2D eigenvalue weighted by atomic mass is 9.91. The van der Waals surface area contributed by atoms with E-state index in [0.29, 0.717) is 25.2 Å². The third kappa shape index (κ3) is 4.76. The first-order valence-electron chi connectivity index (χ1n) is 7.27. The van der Waals surface area contributed by atoms with Gasteiger partial charge in [0.1, 0.15) is 11.6 Å². The van der Waals surface area contributed by atoms with Gasteiger partial charge in [-0.2, -0.15) is 0 Å². The Morgan fingerprint density at radius 1 is 1.20 bits per heavy atom. The molecule has 0 bridgehead atoms. The van der Waals surface area contributed by atoms with Crippen LogP contribution in [0.1, 0.15) is 51.5 Å². The SMILES string of the molecule is CCCOc1ccc(F)cc1C(C)CC(O)C(O)CC. The van der Waals surface area contributed by atoms with Crippen molar-refractivity contribution in [3.8, 4) is 5.75 Å². The number of benzene rings is 1. The monoisotopic (exact) mass is 284 g/mol. The van der Waals surface area contributed by atoms with Crippen LogP contribution >= 0.6 is 0 Å². The number of aliphatic hydroxyl groups excluding tert-OH is 2. The Balaban J connectivity index is 2.84. The Kier molecular flexibility index (Phi) is 6.96. The first kappa shape index (κ1) is 16.9. The fourth-order valence-corrected chi connectivity index (χ4v) is 2.17. The molecule has 0 saturated carbocycles. The van der Waals surface area contributed by atoms with E-state index in [4.69, 9.17) is 4.74 Å². The van der Waals surface area contributed by atoms with Crippen molar-refractivity contribution >= 4 is 0 Å². The quantitative estimate of drug-likeness (QED) is 0.770. The highest BCUT2D eigenvalue weighted by Gasteiger charge is 2.21. The first-order valence-corrected chi connectivity index (χ1v) is 7.27. The van der Waals surface area contributed by atoms with Crippen LogP contribution < -0.4 is 4.74 Å². The largest absolute Gasteiger partial charge is 0.493 e. The van der Waals surface area contributed by atoms with Crippen molar-refractivity contribution in [2.24, 2.45) is 0 Å². The highest BCUT2D eigenvalue weighted by Crippen LogP contribution is 2.31. The van der Waals surface area contributed by atoms with Gasteiger partial charge in [-0.25, -0.2) is 4.39 Å². The van der Waals surface area contributed by atoms with Gasteiger partial charge >= 0.3 is 0 Å². The summed E-state index contributed by atoms with van der Waals surface area (Å²) in [5.74, 6) is 0.244. The van der Waals surface area contributed by atoms with E-state index >= 15 is 0 Å². The predicted molar refractivity (Wildman–Crippen MR) is 77.5 cm³/mol. The third-order valence-electron chi connectivity index (χ3n) is 3.42. The molecule has 0 spiro atoms. The third-order valence-corrected chi connectivity index (χ3v) is 3.42.